The molecule has 1 aromatic carbocycles. The van der Waals surface area contributed by atoms with E-state index < -0.39 is 0 Å². The van der Waals surface area contributed by atoms with Gasteiger partial charge in [-0.2, -0.15) is 0 Å². The van der Waals surface area contributed by atoms with Crippen LogP contribution in [0.1, 0.15) is 0 Å². The van der Waals surface area contributed by atoms with Crippen LogP contribution in [0.15, 0.2) is 41.4 Å². The van der Waals surface area contributed by atoms with E-state index in [1.807, 2.05) is 6.34 Å². The predicted octanol–water partition coefficient (Wildman–Crippen LogP) is 1.66. The van der Waals surface area contributed by atoms with Gasteiger partial charge in [0.15, 0.2) is 0 Å². The smallest absolute Gasteiger partial charge is 0.0899 e. The fraction of sp³-hybridized carbons (Fsp3) is 0.308. The predicted molar refractivity (Wildman–Crippen MR) is 66.3 cm³/mol. The van der Waals surface area contributed by atoms with Gasteiger partial charge in [0.1, 0.15) is 0 Å². The van der Waals surface area contributed by atoms with Crippen molar-refractivity contribution in [2.75, 3.05) is 22.9 Å². The van der Waals surface area contributed by atoms with E-state index in [0.717, 1.165) is 13.1 Å². The maximum Gasteiger partial charge on any atom is 0.0899 e. The standard InChI is InChI=1S/C13H13N3/c1-2-5-11-10(4-1)15-7-3-6-12(15)13-8-14-9-16(11)13/h1-6,9,12-13H,7-8H2. The highest BCUT2D eigenvalue weighted by Crippen LogP contribution is 2.40. The third-order valence-corrected chi connectivity index (χ3v) is 3.71. The third kappa shape index (κ3) is 0.907. The lowest BCUT2D eigenvalue weighted by molar-refractivity contribution is 0.589. The molecule has 0 aliphatic carbocycles. The van der Waals surface area contributed by atoms with Crippen molar-refractivity contribution in [1.29, 1.82) is 0 Å². The Morgan fingerprint density at radius 2 is 2.06 bits per heavy atom. The normalized spacial score (nSPS) is 29.2. The third-order valence-electron chi connectivity index (χ3n) is 3.71. The summed E-state index contributed by atoms with van der Waals surface area (Å²) >= 11 is 0. The Balaban J connectivity index is 1.92. The molecule has 3 aliphatic rings. The van der Waals surface area contributed by atoms with Crippen LogP contribution < -0.4 is 9.80 Å². The molecule has 1 aromatic rings. The molecule has 2 atom stereocenters. The van der Waals surface area contributed by atoms with E-state index in [1.54, 1.807) is 0 Å². The van der Waals surface area contributed by atoms with Gasteiger partial charge in [0.25, 0.3) is 0 Å². The quantitative estimate of drug-likeness (QED) is 0.608. The highest BCUT2D eigenvalue weighted by molar-refractivity contribution is 5.91. The van der Waals surface area contributed by atoms with E-state index in [4.69, 9.17) is 0 Å². The van der Waals surface area contributed by atoms with Gasteiger partial charge >= 0.3 is 0 Å². The van der Waals surface area contributed by atoms with Gasteiger partial charge in [-0.05, 0) is 12.1 Å². The first-order chi connectivity index (χ1) is 7.95. The van der Waals surface area contributed by atoms with Crippen LogP contribution in [-0.4, -0.2) is 31.5 Å². The van der Waals surface area contributed by atoms with Crippen molar-refractivity contribution in [3.8, 4) is 0 Å². The summed E-state index contributed by atoms with van der Waals surface area (Å²) < 4.78 is 0. The zero-order valence-electron chi connectivity index (χ0n) is 8.95. The second-order valence-corrected chi connectivity index (χ2v) is 4.52. The zero-order valence-corrected chi connectivity index (χ0v) is 8.95. The zero-order chi connectivity index (χ0) is 10.5. The van der Waals surface area contributed by atoms with Crippen molar-refractivity contribution in [2.24, 2.45) is 4.99 Å². The molecule has 4 rings (SSSR count). The largest absolute Gasteiger partial charge is 0.358 e. The van der Waals surface area contributed by atoms with E-state index >= 15 is 0 Å². The summed E-state index contributed by atoms with van der Waals surface area (Å²) in [6, 6.07) is 9.60. The van der Waals surface area contributed by atoms with Crippen molar-refractivity contribution in [3.05, 3.63) is 36.4 Å². The van der Waals surface area contributed by atoms with Crippen LogP contribution in [0.4, 0.5) is 11.4 Å². The van der Waals surface area contributed by atoms with Gasteiger partial charge in [0.2, 0.25) is 0 Å². The number of anilines is 2. The molecular weight excluding hydrogens is 198 g/mol. The van der Waals surface area contributed by atoms with Crippen LogP contribution in [0, 0.1) is 0 Å². The Morgan fingerprint density at radius 1 is 1.19 bits per heavy atom. The van der Waals surface area contributed by atoms with Gasteiger partial charge in [0, 0.05) is 6.54 Å². The van der Waals surface area contributed by atoms with Crippen LogP contribution >= 0.6 is 0 Å². The molecule has 0 spiro atoms. The van der Waals surface area contributed by atoms with Crippen molar-refractivity contribution in [1.82, 2.24) is 0 Å². The Bertz CT molecular complexity index is 492. The second-order valence-electron chi connectivity index (χ2n) is 4.52. The summed E-state index contributed by atoms with van der Waals surface area (Å²) in [6.45, 7) is 1.95. The van der Waals surface area contributed by atoms with E-state index in [2.05, 4.69) is 51.2 Å². The molecule has 80 valence electrons. The fourth-order valence-electron chi connectivity index (χ4n) is 2.99. The molecular formula is C13H13N3. The van der Waals surface area contributed by atoms with Gasteiger partial charge in [-0.1, -0.05) is 24.3 Å². The molecule has 0 N–H and O–H groups in total. The molecule has 0 aromatic heterocycles. The summed E-state index contributed by atoms with van der Waals surface area (Å²) in [5.41, 5.74) is 2.64. The number of nitrogens with zero attached hydrogens (tertiary/aromatic N) is 3. The summed E-state index contributed by atoms with van der Waals surface area (Å²) in [7, 11) is 0. The SMILES string of the molecule is C1=CC2C3CN=CN3c3ccccc3N2C1. The summed E-state index contributed by atoms with van der Waals surface area (Å²) in [4.78, 5) is 9.23. The first-order valence-corrected chi connectivity index (χ1v) is 5.76. The van der Waals surface area contributed by atoms with Crippen molar-refractivity contribution in [3.63, 3.8) is 0 Å². The number of hydrogen-bond donors (Lipinski definition) is 0. The van der Waals surface area contributed by atoms with Gasteiger partial charge in [-0.3, -0.25) is 4.99 Å². The van der Waals surface area contributed by atoms with Crippen molar-refractivity contribution in [2.45, 2.75) is 12.1 Å². The highest BCUT2D eigenvalue weighted by atomic mass is 15.3. The minimum Gasteiger partial charge on any atom is -0.358 e. The van der Waals surface area contributed by atoms with Crippen LogP contribution in [0.3, 0.4) is 0 Å². The molecule has 2 unspecified atom stereocenters. The lowest BCUT2D eigenvalue weighted by atomic mass is 10.0. The molecule has 3 aliphatic heterocycles. The maximum absolute atomic E-state index is 4.43. The average Bonchev–Trinajstić information content (AvgIpc) is 2.98. The highest BCUT2D eigenvalue weighted by Gasteiger charge is 2.40. The Kier molecular flexibility index (Phi) is 1.51. The van der Waals surface area contributed by atoms with E-state index in [9.17, 15) is 0 Å². The Labute approximate surface area is 94.7 Å². The van der Waals surface area contributed by atoms with Crippen LogP contribution in [0.25, 0.3) is 0 Å². The molecule has 0 saturated heterocycles. The van der Waals surface area contributed by atoms with E-state index in [0.29, 0.717) is 12.1 Å². The Hall–Kier alpha value is -1.77. The van der Waals surface area contributed by atoms with Gasteiger partial charge < -0.3 is 9.80 Å². The van der Waals surface area contributed by atoms with Gasteiger partial charge in [0.05, 0.1) is 36.3 Å². The minimum absolute atomic E-state index is 0.494. The lowest BCUT2D eigenvalue weighted by Gasteiger charge is -2.42. The topological polar surface area (TPSA) is 18.8 Å². The molecule has 3 heterocycles. The number of hydrogen-bond acceptors (Lipinski definition) is 3. The van der Waals surface area contributed by atoms with Gasteiger partial charge in [-0.15, -0.1) is 0 Å². The van der Waals surface area contributed by atoms with Crippen LogP contribution in [0.5, 0.6) is 0 Å². The number of aliphatic imine (C=N–C) groups is 1. The van der Waals surface area contributed by atoms with E-state index in [1.165, 1.54) is 11.4 Å². The summed E-state index contributed by atoms with van der Waals surface area (Å²) in [6.07, 6.45) is 6.58. The Morgan fingerprint density at radius 3 is 3.00 bits per heavy atom. The summed E-state index contributed by atoms with van der Waals surface area (Å²) in [5.74, 6) is 0. The van der Waals surface area contributed by atoms with Crippen molar-refractivity contribution < 1.29 is 0 Å². The van der Waals surface area contributed by atoms with Gasteiger partial charge in [-0.25, -0.2) is 0 Å². The molecule has 0 fully saturated rings. The first-order valence-electron chi connectivity index (χ1n) is 5.76. The lowest BCUT2D eigenvalue weighted by Crippen LogP contribution is -2.52. The molecule has 0 bridgehead atoms. The molecule has 0 amide bonds. The number of para-hydroxylation sites is 2. The minimum atomic E-state index is 0.494. The molecule has 0 radical (unpaired) electrons. The van der Waals surface area contributed by atoms with Crippen LogP contribution in [-0.2, 0) is 0 Å². The number of benzene rings is 1. The van der Waals surface area contributed by atoms with Crippen LogP contribution in [0.2, 0.25) is 0 Å². The molecule has 16 heavy (non-hydrogen) atoms. The monoisotopic (exact) mass is 211 g/mol. The fourth-order valence-corrected chi connectivity index (χ4v) is 2.99. The number of rotatable bonds is 0. The number of fused-ring (bicyclic) bond motifs is 6. The molecule has 3 nitrogen and oxygen atoms in total. The van der Waals surface area contributed by atoms with Crippen molar-refractivity contribution >= 4 is 17.7 Å². The maximum atomic E-state index is 4.43. The second kappa shape index (κ2) is 2.88. The summed E-state index contributed by atoms with van der Waals surface area (Å²) in [5, 5.41) is 0. The molecule has 3 heteroatoms. The average molecular weight is 211 g/mol. The van der Waals surface area contributed by atoms with E-state index in [-0.39, 0.29) is 0 Å². The molecule has 0 saturated carbocycles. The first kappa shape index (κ1) is 8.39.